The maximum Gasteiger partial charge on any atom is 0.504 e. The van der Waals surface area contributed by atoms with Gasteiger partial charge in [-0.25, -0.2) is 14.4 Å². The lowest BCUT2D eigenvalue weighted by Gasteiger charge is -2.55. The normalized spacial score (nSPS) is 26.7. The van der Waals surface area contributed by atoms with Crippen LogP contribution < -0.4 is 0 Å². The molecule has 0 amide bonds. The van der Waals surface area contributed by atoms with Crippen LogP contribution in [0.1, 0.15) is 184 Å². The zero-order chi connectivity index (χ0) is 61.1. The molecule has 466 valence electrons. The zero-order valence-electron chi connectivity index (χ0n) is 48.6. The van der Waals surface area contributed by atoms with E-state index in [1.165, 1.54) is 0 Å². The summed E-state index contributed by atoms with van der Waals surface area (Å²) in [6.07, 6.45) is 1.79. The van der Waals surface area contributed by atoms with Crippen LogP contribution in [0.5, 0.6) is 0 Å². The number of ether oxygens (including phenoxy) is 9. The van der Waals surface area contributed by atoms with Crippen LogP contribution in [0.4, 0.5) is 26.3 Å². The van der Waals surface area contributed by atoms with Gasteiger partial charge in [0.15, 0.2) is 0 Å². The first kappa shape index (κ1) is 67.6. The summed E-state index contributed by atoms with van der Waals surface area (Å²) in [6.45, 7) is 11.3. The van der Waals surface area contributed by atoms with Crippen molar-refractivity contribution in [3.63, 3.8) is 0 Å². The standard InChI is InChI=1S/C21H30F2O6.C20H28F2O6.C17H26F2O6/c1-4-19(2,3)16(24)27-5-6-28-18(26)21(22,23)29-17(25)20-10-13-7-14(11-20)9-15(8-13)12-20;1-3-12(2)16(23)26-4-5-27-18(25)20(21,22)28-17(24)19-9-13-6-14(10-19)8-15(7-13)11-19;1-4-16(2,3)14(21)23-10-11-24-15(22)17(18,19)25-13(20)12-8-6-5-7-9-12/h13-15H,4-12H2,1-3H3;12-15H,3-11H2,1-2H3;12H,4-11H2,1-3H3. The molecule has 1 unspecified atom stereocenters. The fourth-order valence-electron chi connectivity index (χ4n) is 12.9. The summed E-state index contributed by atoms with van der Waals surface area (Å²) >= 11 is 0. The number of rotatable bonds is 24. The Balaban J connectivity index is 0.000000226. The summed E-state index contributed by atoms with van der Waals surface area (Å²) in [5, 5.41) is 0. The molecule has 0 radical (unpaired) electrons. The molecule has 0 aromatic rings. The number of carbonyl (C=O) groups is 9. The van der Waals surface area contributed by atoms with Gasteiger partial charge in [-0.1, -0.05) is 47.0 Å². The van der Waals surface area contributed by atoms with Crippen molar-refractivity contribution >= 4 is 53.7 Å². The quantitative estimate of drug-likeness (QED) is 0.0378. The third-order valence-corrected chi connectivity index (χ3v) is 17.8. The molecule has 82 heavy (non-hydrogen) atoms. The minimum Gasteiger partial charge on any atom is -0.462 e. The van der Waals surface area contributed by atoms with Crippen LogP contribution >= 0.6 is 0 Å². The Morgan fingerprint density at radius 1 is 0.427 bits per heavy atom. The molecule has 1 atom stereocenters. The lowest BCUT2D eigenvalue weighted by atomic mass is 9.49. The maximum absolute atomic E-state index is 14.2. The van der Waals surface area contributed by atoms with Crippen molar-refractivity contribution < 1.29 is 112 Å². The predicted octanol–water partition coefficient (Wildman–Crippen LogP) is 10.6. The van der Waals surface area contributed by atoms with E-state index in [1.807, 2.05) is 20.8 Å². The fraction of sp³-hybridized carbons (Fsp3) is 0.845. The summed E-state index contributed by atoms with van der Waals surface area (Å²) in [7, 11) is 0. The molecule has 0 aliphatic heterocycles. The summed E-state index contributed by atoms with van der Waals surface area (Å²) in [6, 6.07) is 0. The van der Waals surface area contributed by atoms with E-state index in [2.05, 4.69) is 28.4 Å². The lowest BCUT2D eigenvalue weighted by molar-refractivity contribution is -0.255. The molecule has 9 fully saturated rings. The van der Waals surface area contributed by atoms with Gasteiger partial charge in [0, 0.05) is 0 Å². The van der Waals surface area contributed by atoms with Gasteiger partial charge >= 0.3 is 72.0 Å². The number of esters is 9. The summed E-state index contributed by atoms with van der Waals surface area (Å²) in [5.41, 5.74) is -3.19. The summed E-state index contributed by atoms with van der Waals surface area (Å²) < 4.78 is 124. The first-order chi connectivity index (χ1) is 38.2. The molecular formula is C58H84F6O18. The predicted molar refractivity (Wildman–Crippen MR) is 274 cm³/mol. The summed E-state index contributed by atoms with van der Waals surface area (Å²) in [5.74, 6) is -9.03. The second-order valence-electron chi connectivity index (χ2n) is 25.1. The zero-order valence-corrected chi connectivity index (χ0v) is 48.6. The smallest absolute Gasteiger partial charge is 0.462 e. The van der Waals surface area contributed by atoms with Gasteiger partial charge in [-0.2, -0.15) is 26.3 Å². The molecule has 24 heteroatoms. The molecule has 0 spiro atoms. The Hall–Kier alpha value is -5.19. The van der Waals surface area contributed by atoms with Crippen LogP contribution in [0.2, 0.25) is 0 Å². The Kier molecular flexibility index (Phi) is 23.2. The Bertz CT molecular complexity index is 2210. The van der Waals surface area contributed by atoms with E-state index < -0.39 is 119 Å². The van der Waals surface area contributed by atoms with Crippen LogP contribution in [-0.4, -0.2) is 112 Å². The van der Waals surface area contributed by atoms with E-state index >= 15 is 0 Å². The molecular weight excluding hydrogens is 1100 g/mol. The van der Waals surface area contributed by atoms with Gasteiger partial charge in [0.1, 0.15) is 39.6 Å². The molecule has 9 rings (SSSR count). The van der Waals surface area contributed by atoms with Gasteiger partial charge in [-0.05, 0) is 172 Å². The highest BCUT2D eigenvalue weighted by atomic mass is 19.3. The highest BCUT2D eigenvalue weighted by molar-refractivity contribution is 5.85. The molecule has 8 bridgehead atoms. The molecule has 9 saturated carbocycles. The van der Waals surface area contributed by atoms with Crippen molar-refractivity contribution in [2.45, 2.75) is 202 Å². The highest BCUT2D eigenvalue weighted by Gasteiger charge is 2.60. The topological polar surface area (TPSA) is 237 Å². The van der Waals surface area contributed by atoms with E-state index in [0.29, 0.717) is 106 Å². The van der Waals surface area contributed by atoms with Gasteiger partial charge < -0.3 is 42.6 Å². The van der Waals surface area contributed by atoms with Gasteiger partial charge in [0.05, 0.1) is 33.5 Å². The maximum atomic E-state index is 14.2. The van der Waals surface area contributed by atoms with Gasteiger partial charge in [0.25, 0.3) is 0 Å². The van der Waals surface area contributed by atoms with E-state index in [9.17, 15) is 69.5 Å². The van der Waals surface area contributed by atoms with Crippen LogP contribution in [0, 0.1) is 69.0 Å². The molecule has 9 aliphatic carbocycles. The van der Waals surface area contributed by atoms with Crippen LogP contribution in [0.25, 0.3) is 0 Å². The van der Waals surface area contributed by atoms with Crippen LogP contribution in [0.15, 0.2) is 0 Å². The first-order valence-electron chi connectivity index (χ1n) is 29.1. The van der Waals surface area contributed by atoms with Crippen molar-refractivity contribution in [2.75, 3.05) is 39.6 Å². The Morgan fingerprint density at radius 3 is 1.00 bits per heavy atom. The molecule has 0 N–H and O–H groups in total. The minimum absolute atomic E-state index is 0.321. The van der Waals surface area contributed by atoms with Crippen molar-refractivity contribution in [2.24, 2.45) is 69.0 Å². The number of hydrogen-bond acceptors (Lipinski definition) is 18. The average Bonchev–Trinajstić information content (AvgIpc) is 2.57. The molecule has 0 heterocycles. The Labute approximate surface area is 475 Å². The molecule has 0 aromatic heterocycles. The fourth-order valence-corrected chi connectivity index (χ4v) is 12.9. The first-order valence-corrected chi connectivity index (χ1v) is 29.1. The lowest BCUT2D eigenvalue weighted by Crippen LogP contribution is -2.52. The third kappa shape index (κ3) is 17.9. The Morgan fingerprint density at radius 2 is 0.707 bits per heavy atom. The van der Waals surface area contributed by atoms with Gasteiger partial charge in [-0.15, -0.1) is 0 Å². The van der Waals surface area contributed by atoms with Gasteiger partial charge in [-0.3, -0.25) is 28.8 Å². The van der Waals surface area contributed by atoms with Crippen LogP contribution in [-0.2, 0) is 85.8 Å². The number of hydrogen-bond donors (Lipinski definition) is 0. The van der Waals surface area contributed by atoms with Crippen LogP contribution in [0.3, 0.4) is 0 Å². The second-order valence-corrected chi connectivity index (χ2v) is 25.1. The SMILES string of the molecule is CCC(C)(C)C(=O)OCCOC(=O)C(F)(F)OC(=O)C12CC3CC(CC(C3)C1)C2.CCC(C)(C)C(=O)OCCOC(=O)C(F)(F)OC(=O)C1CCCCC1.CCC(C)C(=O)OCCOC(=O)C(F)(F)OC(=O)C12CC3CC(CC(C3)C1)C2. The average molecular weight is 1180 g/mol. The van der Waals surface area contributed by atoms with Crippen molar-refractivity contribution in [1.82, 2.24) is 0 Å². The van der Waals surface area contributed by atoms with E-state index in [0.717, 1.165) is 57.8 Å². The highest BCUT2D eigenvalue weighted by Crippen LogP contribution is 2.62. The summed E-state index contributed by atoms with van der Waals surface area (Å²) in [4.78, 5) is 107. The van der Waals surface area contributed by atoms with Crippen molar-refractivity contribution in [1.29, 1.82) is 0 Å². The molecule has 18 nitrogen and oxygen atoms in total. The van der Waals surface area contributed by atoms with Crippen molar-refractivity contribution in [3.8, 4) is 0 Å². The van der Waals surface area contributed by atoms with E-state index in [1.54, 1.807) is 34.6 Å². The number of alkyl halides is 6. The largest absolute Gasteiger partial charge is 0.504 e. The molecule has 0 aromatic carbocycles. The third-order valence-electron chi connectivity index (χ3n) is 17.8. The van der Waals surface area contributed by atoms with E-state index in [-0.39, 0.29) is 25.7 Å². The number of carbonyl (C=O) groups excluding carboxylic acids is 9. The number of halogens is 6. The minimum atomic E-state index is -4.35. The monoisotopic (exact) mass is 1180 g/mol. The molecule has 0 saturated heterocycles. The molecule has 9 aliphatic rings. The van der Waals surface area contributed by atoms with Gasteiger partial charge in [0.2, 0.25) is 0 Å². The van der Waals surface area contributed by atoms with E-state index in [4.69, 9.17) is 14.2 Å². The van der Waals surface area contributed by atoms with Crippen molar-refractivity contribution in [3.05, 3.63) is 0 Å². The second kappa shape index (κ2) is 28.1.